The normalized spacial score (nSPS) is 14.2. The summed E-state index contributed by atoms with van der Waals surface area (Å²) >= 11 is 1.22. The fourth-order valence-electron chi connectivity index (χ4n) is 1.59. The van der Waals surface area contributed by atoms with Crippen molar-refractivity contribution < 1.29 is 27.9 Å². The molecule has 0 spiro atoms. The molecule has 0 heterocycles. The van der Waals surface area contributed by atoms with Gasteiger partial charge in [-0.25, -0.2) is 4.79 Å². The molecule has 0 aliphatic carbocycles. The lowest BCUT2D eigenvalue weighted by Gasteiger charge is -2.18. The highest BCUT2D eigenvalue weighted by Gasteiger charge is 2.36. The predicted molar refractivity (Wildman–Crippen MR) is 77.4 cm³/mol. The van der Waals surface area contributed by atoms with Gasteiger partial charge in [-0.15, -0.1) is 11.8 Å². The standard InChI is InChI=1S/C14H16F3NO3S/c1-9(22-8-10-5-3-2-4-6-10)12(19)18-11(13(20)21)7-14(15,16)17/h2-6,9,11H,7-8H2,1H3,(H,18,19)(H,20,21). The van der Waals surface area contributed by atoms with Crippen LogP contribution in [0.5, 0.6) is 0 Å². The maximum atomic E-state index is 12.3. The molecule has 0 radical (unpaired) electrons. The molecule has 0 saturated carbocycles. The summed E-state index contributed by atoms with van der Waals surface area (Å²) in [7, 11) is 0. The zero-order chi connectivity index (χ0) is 16.8. The monoisotopic (exact) mass is 335 g/mol. The molecule has 0 aromatic heterocycles. The zero-order valence-electron chi connectivity index (χ0n) is 11.8. The van der Waals surface area contributed by atoms with E-state index in [2.05, 4.69) is 0 Å². The summed E-state index contributed by atoms with van der Waals surface area (Å²) in [6.45, 7) is 1.52. The highest BCUT2D eigenvalue weighted by Crippen LogP contribution is 2.22. The van der Waals surface area contributed by atoms with Crippen molar-refractivity contribution in [3.63, 3.8) is 0 Å². The van der Waals surface area contributed by atoms with E-state index in [1.807, 2.05) is 35.6 Å². The highest BCUT2D eigenvalue weighted by molar-refractivity contribution is 7.99. The fourth-order valence-corrected chi connectivity index (χ4v) is 2.45. The third kappa shape index (κ3) is 6.84. The van der Waals surface area contributed by atoms with Gasteiger partial charge in [0.05, 0.1) is 11.7 Å². The smallest absolute Gasteiger partial charge is 0.391 e. The van der Waals surface area contributed by atoms with E-state index in [1.54, 1.807) is 0 Å². The van der Waals surface area contributed by atoms with Crippen LogP contribution in [0, 0.1) is 0 Å². The number of hydrogen-bond donors (Lipinski definition) is 2. The molecule has 122 valence electrons. The van der Waals surface area contributed by atoms with E-state index in [9.17, 15) is 22.8 Å². The van der Waals surface area contributed by atoms with Gasteiger partial charge in [0.25, 0.3) is 0 Å². The second-order valence-electron chi connectivity index (χ2n) is 4.66. The molecule has 8 heteroatoms. The summed E-state index contributed by atoms with van der Waals surface area (Å²) in [6.07, 6.45) is -6.25. The minimum absolute atomic E-state index is 0.506. The van der Waals surface area contributed by atoms with Crippen LogP contribution in [0.3, 0.4) is 0 Å². The van der Waals surface area contributed by atoms with E-state index in [0.717, 1.165) is 5.56 Å². The van der Waals surface area contributed by atoms with Gasteiger partial charge in [0.1, 0.15) is 6.04 Å². The van der Waals surface area contributed by atoms with Crippen molar-refractivity contribution >= 4 is 23.6 Å². The number of aliphatic carboxylic acids is 1. The van der Waals surface area contributed by atoms with E-state index >= 15 is 0 Å². The van der Waals surface area contributed by atoms with Gasteiger partial charge in [-0.3, -0.25) is 4.79 Å². The lowest BCUT2D eigenvalue weighted by atomic mass is 10.2. The van der Waals surface area contributed by atoms with Crippen molar-refractivity contribution in [1.29, 1.82) is 0 Å². The summed E-state index contributed by atoms with van der Waals surface area (Å²) in [4.78, 5) is 22.6. The minimum atomic E-state index is -4.66. The van der Waals surface area contributed by atoms with Crippen LogP contribution in [0.1, 0.15) is 18.9 Å². The van der Waals surface area contributed by atoms with E-state index in [-0.39, 0.29) is 0 Å². The molecule has 0 saturated heterocycles. The number of nitrogens with one attached hydrogen (secondary N) is 1. The third-order valence-corrected chi connectivity index (χ3v) is 3.98. The van der Waals surface area contributed by atoms with E-state index < -0.39 is 35.8 Å². The minimum Gasteiger partial charge on any atom is -0.480 e. The lowest BCUT2D eigenvalue weighted by Crippen LogP contribution is -2.46. The van der Waals surface area contributed by atoms with E-state index in [1.165, 1.54) is 18.7 Å². The summed E-state index contributed by atoms with van der Waals surface area (Å²) in [5, 5.41) is 10.0. The van der Waals surface area contributed by atoms with Crippen LogP contribution < -0.4 is 5.32 Å². The second kappa shape index (κ2) is 8.07. The average molecular weight is 335 g/mol. The molecule has 4 nitrogen and oxygen atoms in total. The van der Waals surface area contributed by atoms with Gasteiger partial charge in [-0.2, -0.15) is 13.2 Å². The van der Waals surface area contributed by atoms with Gasteiger partial charge in [0.15, 0.2) is 0 Å². The van der Waals surface area contributed by atoms with E-state index in [0.29, 0.717) is 5.75 Å². The molecule has 2 N–H and O–H groups in total. The summed E-state index contributed by atoms with van der Waals surface area (Å²) in [6, 6.07) is 7.28. The van der Waals surface area contributed by atoms with Crippen LogP contribution in [-0.4, -0.2) is 34.5 Å². The average Bonchev–Trinajstić information content (AvgIpc) is 2.43. The Balaban J connectivity index is 2.52. The SMILES string of the molecule is CC(SCc1ccccc1)C(=O)NC(CC(F)(F)F)C(=O)O. The van der Waals surface area contributed by atoms with Gasteiger partial charge in [-0.05, 0) is 12.5 Å². The highest BCUT2D eigenvalue weighted by atomic mass is 32.2. The summed E-state index contributed by atoms with van der Waals surface area (Å²) in [5.41, 5.74) is 0.970. The van der Waals surface area contributed by atoms with Crippen molar-refractivity contribution in [2.45, 2.75) is 36.6 Å². The van der Waals surface area contributed by atoms with Crippen LogP contribution in [0.15, 0.2) is 30.3 Å². The Hall–Kier alpha value is -1.70. The molecule has 1 aromatic carbocycles. The Morgan fingerprint density at radius 1 is 1.27 bits per heavy atom. The second-order valence-corrected chi connectivity index (χ2v) is 5.99. The van der Waals surface area contributed by atoms with Crippen LogP contribution >= 0.6 is 11.8 Å². The fraction of sp³-hybridized carbons (Fsp3) is 0.429. The number of carbonyl (C=O) groups is 2. The predicted octanol–water partition coefficient (Wildman–Crippen LogP) is 2.83. The maximum Gasteiger partial charge on any atom is 0.391 e. The molecular weight excluding hydrogens is 319 g/mol. The molecule has 0 bridgehead atoms. The molecule has 1 aromatic rings. The molecule has 2 atom stereocenters. The van der Waals surface area contributed by atoms with Gasteiger partial charge in [0.2, 0.25) is 5.91 Å². The number of thioether (sulfide) groups is 1. The van der Waals surface area contributed by atoms with Gasteiger partial charge in [0, 0.05) is 5.75 Å². The Morgan fingerprint density at radius 3 is 2.36 bits per heavy atom. The first-order valence-electron chi connectivity index (χ1n) is 6.44. The molecule has 1 amide bonds. The van der Waals surface area contributed by atoms with Crippen molar-refractivity contribution in [3.8, 4) is 0 Å². The molecule has 22 heavy (non-hydrogen) atoms. The van der Waals surface area contributed by atoms with Crippen molar-refractivity contribution in [2.24, 2.45) is 0 Å². The van der Waals surface area contributed by atoms with Crippen molar-refractivity contribution in [3.05, 3.63) is 35.9 Å². The van der Waals surface area contributed by atoms with Crippen LogP contribution in [0.2, 0.25) is 0 Å². The van der Waals surface area contributed by atoms with Gasteiger partial charge < -0.3 is 10.4 Å². The number of carboxylic acids is 1. The molecule has 0 aliphatic rings. The summed E-state index contributed by atoms with van der Waals surface area (Å²) in [5.74, 6) is -1.92. The van der Waals surface area contributed by atoms with E-state index in [4.69, 9.17) is 5.11 Å². The number of amides is 1. The van der Waals surface area contributed by atoms with Gasteiger partial charge >= 0.3 is 12.1 Å². The van der Waals surface area contributed by atoms with Crippen LogP contribution in [0.25, 0.3) is 0 Å². The number of hydrogen-bond acceptors (Lipinski definition) is 3. The quantitative estimate of drug-likeness (QED) is 0.804. The molecule has 2 unspecified atom stereocenters. The topological polar surface area (TPSA) is 66.4 Å². The number of carbonyl (C=O) groups excluding carboxylic acids is 1. The first kappa shape index (κ1) is 18.3. The number of rotatable bonds is 7. The zero-order valence-corrected chi connectivity index (χ0v) is 12.6. The number of halogens is 3. The number of benzene rings is 1. The van der Waals surface area contributed by atoms with Crippen molar-refractivity contribution in [2.75, 3.05) is 0 Å². The van der Waals surface area contributed by atoms with Crippen molar-refractivity contribution in [1.82, 2.24) is 5.32 Å². The lowest BCUT2D eigenvalue weighted by molar-refractivity contribution is -0.159. The first-order valence-corrected chi connectivity index (χ1v) is 7.49. The Labute approximate surface area is 130 Å². The molecule has 1 rings (SSSR count). The maximum absolute atomic E-state index is 12.3. The Morgan fingerprint density at radius 2 is 1.86 bits per heavy atom. The first-order chi connectivity index (χ1) is 10.2. The van der Waals surface area contributed by atoms with Crippen LogP contribution in [-0.2, 0) is 15.3 Å². The van der Waals surface area contributed by atoms with Gasteiger partial charge in [-0.1, -0.05) is 30.3 Å². The van der Waals surface area contributed by atoms with Crippen LogP contribution in [0.4, 0.5) is 13.2 Å². The Kier molecular flexibility index (Phi) is 6.73. The Bertz CT molecular complexity index is 508. The number of alkyl halides is 3. The molecule has 0 aliphatic heterocycles. The molecular formula is C14H16F3NO3S. The number of carboxylic acid groups (broad SMARTS) is 1. The molecule has 0 fully saturated rings. The largest absolute Gasteiger partial charge is 0.480 e. The third-order valence-electron chi connectivity index (χ3n) is 2.76. The summed E-state index contributed by atoms with van der Waals surface area (Å²) < 4.78 is 36.8.